The summed E-state index contributed by atoms with van der Waals surface area (Å²) in [6.07, 6.45) is 8.01. The first-order valence-electron chi connectivity index (χ1n) is 7.58. The minimum Gasteiger partial charge on any atom is -0.492 e. The van der Waals surface area contributed by atoms with Gasteiger partial charge in [-0.05, 0) is 43.6 Å². The predicted octanol–water partition coefficient (Wildman–Crippen LogP) is 4.78. The van der Waals surface area contributed by atoms with Gasteiger partial charge in [0.05, 0.1) is 12.2 Å². The van der Waals surface area contributed by atoms with Gasteiger partial charge in [-0.3, -0.25) is 4.79 Å². The van der Waals surface area contributed by atoms with Crippen molar-refractivity contribution in [3.8, 4) is 5.75 Å². The summed E-state index contributed by atoms with van der Waals surface area (Å²) in [5.41, 5.74) is 0.667. The zero-order valence-electron chi connectivity index (χ0n) is 12.3. The summed E-state index contributed by atoms with van der Waals surface area (Å²) in [4.78, 5) is 11.8. The SMILES string of the molecule is CC(=O)c1ccc2ccccc2c1OCC/C=C/C1CC1. The van der Waals surface area contributed by atoms with Crippen molar-refractivity contribution < 1.29 is 9.53 Å². The fraction of sp³-hybridized carbons (Fsp3) is 0.316. The summed E-state index contributed by atoms with van der Waals surface area (Å²) in [7, 11) is 0. The maximum atomic E-state index is 11.8. The van der Waals surface area contributed by atoms with E-state index in [4.69, 9.17) is 4.74 Å². The molecule has 21 heavy (non-hydrogen) atoms. The Labute approximate surface area is 125 Å². The van der Waals surface area contributed by atoms with Gasteiger partial charge in [0.25, 0.3) is 0 Å². The molecule has 2 aromatic rings. The van der Waals surface area contributed by atoms with Crippen LogP contribution in [0.15, 0.2) is 48.6 Å². The molecule has 1 aliphatic rings. The zero-order chi connectivity index (χ0) is 14.7. The maximum Gasteiger partial charge on any atom is 0.163 e. The third-order valence-corrected chi connectivity index (χ3v) is 3.82. The van der Waals surface area contributed by atoms with E-state index in [0.717, 1.165) is 28.9 Å². The quantitative estimate of drug-likeness (QED) is 0.432. The van der Waals surface area contributed by atoms with Crippen LogP contribution < -0.4 is 4.74 Å². The zero-order valence-corrected chi connectivity index (χ0v) is 12.3. The number of hydrogen-bond donors (Lipinski definition) is 0. The fourth-order valence-electron chi connectivity index (χ4n) is 2.48. The van der Waals surface area contributed by atoms with Crippen LogP contribution in [-0.2, 0) is 0 Å². The summed E-state index contributed by atoms with van der Waals surface area (Å²) in [6, 6.07) is 11.9. The van der Waals surface area contributed by atoms with Gasteiger partial charge in [-0.25, -0.2) is 0 Å². The van der Waals surface area contributed by atoms with Crippen molar-refractivity contribution in [3.05, 3.63) is 54.1 Å². The molecule has 0 atom stereocenters. The third-order valence-electron chi connectivity index (χ3n) is 3.82. The second-order valence-corrected chi connectivity index (χ2v) is 5.62. The summed E-state index contributed by atoms with van der Waals surface area (Å²) < 4.78 is 5.94. The Morgan fingerprint density at radius 1 is 1.24 bits per heavy atom. The highest BCUT2D eigenvalue weighted by atomic mass is 16.5. The highest BCUT2D eigenvalue weighted by Crippen LogP contribution is 2.31. The van der Waals surface area contributed by atoms with Crippen molar-refractivity contribution in [3.63, 3.8) is 0 Å². The second kappa shape index (κ2) is 6.13. The Balaban J connectivity index is 1.80. The molecule has 3 rings (SSSR count). The van der Waals surface area contributed by atoms with Gasteiger partial charge in [-0.15, -0.1) is 0 Å². The van der Waals surface area contributed by atoms with Gasteiger partial charge in [0, 0.05) is 5.39 Å². The van der Waals surface area contributed by atoms with Crippen LogP contribution in [0.5, 0.6) is 5.75 Å². The number of rotatable bonds is 6. The average molecular weight is 280 g/mol. The number of carbonyl (C=O) groups excluding carboxylic acids is 1. The number of Topliss-reactive ketones (excluding diaryl/α,β-unsaturated/α-hetero) is 1. The van der Waals surface area contributed by atoms with Crippen LogP contribution in [0.4, 0.5) is 0 Å². The van der Waals surface area contributed by atoms with Crippen molar-refractivity contribution >= 4 is 16.6 Å². The molecule has 1 saturated carbocycles. The van der Waals surface area contributed by atoms with Gasteiger partial charge in [-0.2, -0.15) is 0 Å². The van der Waals surface area contributed by atoms with Crippen LogP contribution in [0.2, 0.25) is 0 Å². The topological polar surface area (TPSA) is 26.3 Å². The van der Waals surface area contributed by atoms with Gasteiger partial charge in [0.1, 0.15) is 5.75 Å². The number of hydrogen-bond acceptors (Lipinski definition) is 2. The van der Waals surface area contributed by atoms with E-state index in [2.05, 4.69) is 12.2 Å². The van der Waals surface area contributed by atoms with E-state index < -0.39 is 0 Å². The first kappa shape index (κ1) is 13.9. The van der Waals surface area contributed by atoms with Crippen LogP contribution in [0.25, 0.3) is 10.8 Å². The lowest BCUT2D eigenvalue weighted by atomic mass is 10.0. The van der Waals surface area contributed by atoms with Crippen LogP contribution >= 0.6 is 0 Å². The summed E-state index contributed by atoms with van der Waals surface area (Å²) in [5, 5.41) is 2.11. The molecule has 0 N–H and O–H groups in total. The molecule has 2 heteroatoms. The molecule has 108 valence electrons. The molecule has 0 aliphatic heterocycles. The van der Waals surface area contributed by atoms with Gasteiger partial charge in [0.2, 0.25) is 0 Å². The van der Waals surface area contributed by atoms with Crippen molar-refractivity contribution in [2.45, 2.75) is 26.2 Å². The van der Waals surface area contributed by atoms with E-state index in [1.165, 1.54) is 12.8 Å². The van der Waals surface area contributed by atoms with E-state index in [1.54, 1.807) is 6.92 Å². The standard InChI is InChI=1S/C19H20O2/c1-14(20)17-12-11-16-7-2-3-8-18(16)19(17)21-13-5-4-6-15-9-10-15/h2-4,6-8,11-12,15H,5,9-10,13H2,1H3/b6-4+. The number of carbonyl (C=O) groups is 1. The van der Waals surface area contributed by atoms with Crippen LogP contribution in [-0.4, -0.2) is 12.4 Å². The predicted molar refractivity (Wildman–Crippen MR) is 85.9 cm³/mol. The molecule has 0 spiro atoms. The minimum atomic E-state index is 0.0456. The number of fused-ring (bicyclic) bond motifs is 1. The van der Waals surface area contributed by atoms with Crippen LogP contribution in [0.1, 0.15) is 36.5 Å². The van der Waals surface area contributed by atoms with Crippen LogP contribution in [0, 0.1) is 5.92 Å². The summed E-state index contributed by atoms with van der Waals surface area (Å²) >= 11 is 0. The van der Waals surface area contributed by atoms with E-state index in [1.807, 2.05) is 36.4 Å². The molecule has 1 aliphatic carbocycles. The Hall–Kier alpha value is -2.09. The normalized spacial score (nSPS) is 14.7. The van der Waals surface area contributed by atoms with Gasteiger partial charge in [0.15, 0.2) is 5.78 Å². The molecular formula is C19H20O2. The molecule has 2 nitrogen and oxygen atoms in total. The lowest BCUT2D eigenvalue weighted by molar-refractivity contribution is 0.101. The summed E-state index contributed by atoms with van der Waals surface area (Å²) in [5.74, 6) is 1.57. The van der Waals surface area contributed by atoms with E-state index >= 15 is 0 Å². The Morgan fingerprint density at radius 2 is 2.05 bits per heavy atom. The monoisotopic (exact) mass is 280 g/mol. The van der Waals surface area contributed by atoms with E-state index in [9.17, 15) is 4.79 Å². The Morgan fingerprint density at radius 3 is 2.81 bits per heavy atom. The lowest BCUT2D eigenvalue weighted by Crippen LogP contribution is -2.03. The Kier molecular flexibility index (Phi) is 4.05. The average Bonchev–Trinajstić information content (AvgIpc) is 3.30. The molecule has 0 unspecified atom stereocenters. The first-order chi connectivity index (χ1) is 10.3. The molecule has 0 aromatic heterocycles. The van der Waals surface area contributed by atoms with E-state index in [-0.39, 0.29) is 5.78 Å². The number of ketones is 1. The molecule has 0 saturated heterocycles. The molecule has 2 aromatic carbocycles. The smallest absolute Gasteiger partial charge is 0.163 e. The third kappa shape index (κ3) is 3.33. The molecule has 0 bridgehead atoms. The van der Waals surface area contributed by atoms with Crippen LogP contribution in [0.3, 0.4) is 0 Å². The molecule has 1 fully saturated rings. The highest BCUT2D eigenvalue weighted by Gasteiger charge is 2.16. The number of benzene rings is 2. The van der Waals surface area contributed by atoms with Crippen molar-refractivity contribution in [2.24, 2.45) is 5.92 Å². The van der Waals surface area contributed by atoms with E-state index in [0.29, 0.717) is 12.2 Å². The lowest BCUT2D eigenvalue weighted by Gasteiger charge is -2.12. The van der Waals surface area contributed by atoms with Gasteiger partial charge >= 0.3 is 0 Å². The van der Waals surface area contributed by atoms with Gasteiger partial charge in [-0.1, -0.05) is 42.5 Å². The number of ether oxygens (including phenoxy) is 1. The largest absolute Gasteiger partial charge is 0.492 e. The molecule has 0 heterocycles. The maximum absolute atomic E-state index is 11.8. The number of allylic oxidation sites excluding steroid dienone is 1. The first-order valence-corrected chi connectivity index (χ1v) is 7.58. The minimum absolute atomic E-state index is 0.0456. The van der Waals surface area contributed by atoms with Gasteiger partial charge < -0.3 is 4.74 Å². The Bertz CT molecular complexity index is 681. The fourth-order valence-corrected chi connectivity index (χ4v) is 2.48. The molecular weight excluding hydrogens is 260 g/mol. The second-order valence-electron chi connectivity index (χ2n) is 5.62. The van der Waals surface area contributed by atoms with Crippen molar-refractivity contribution in [2.75, 3.05) is 6.61 Å². The van der Waals surface area contributed by atoms with Crippen molar-refractivity contribution in [1.29, 1.82) is 0 Å². The summed E-state index contributed by atoms with van der Waals surface area (Å²) in [6.45, 7) is 2.20. The highest BCUT2D eigenvalue weighted by molar-refractivity contribution is 6.03. The van der Waals surface area contributed by atoms with Crippen molar-refractivity contribution in [1.82, 2.24) is 0 Å². The molecule has 0 amide bonds. The molecule has 0 radical (unpaired) electrons.